The molecule has 0 aliphatic carbocycles. The molecule has 25 heavy (non-hydrogen) atoms. The first kappa shape index (κ1) is 17.5. The van der Waals surface area contributed by atoms with Crippen molar-refractivity contribution in [3.63, 3.8) is 0 Å². The molecule has 1 N–H and O–H groups in total. The minimum atomic E-state index is -0.435. The van der Waals surface area contributed by atoms with E-state index in [-0.39, 0.29) is 10.6 Å². The van der Waals surface area contributed by atoms with Gasteiger partial charge in [0.25, 0.3) is 5.56 Å². The van der Waals surface area contributed by atoms with Crippen LogP contribution < -0.4 is 5.56 Å². The first-order valence-corrected chi connectivity index (χ1v) is 8.35. The summed E-state index contributed by atoms with van der Waals surface area (Å²) >= 11 is 6.09. The molecule has 3 rings (SSSR count). The second-order valence-corrected chi connectivity index (χ2v) is 6.43. The number of fused-ring (bicyclic) bond motifs is 1. The molecule has 0 atom stereocenters. The minimum Gasteiger partial charge on any atom is -0.295 e. The summed E-state index contributed by atoms with van der Waals surface area (Å²) in [4.78, 5) is 14.9. The van der Waals surface area contributed by atoms with Crippen molar-refractivity contribution in [1.82, 2.24) is 14.7 Å². The number of aromatic nitrogens is 2. The van der Waals surface area contributed by atoms with Crippen LogP contribution in [0.3, 0.4) is 0 Å². The van der Waals surface area contributed by atoms with Crippen LogP contribution in [0.25, 0.3) is 5.69 Å². The summed E-state index contributed by atoms with van der Waals surface area (Å²) in [5, 5.41) is 3.30. The van der Waals surface area contributed by atoms with Crippen LogP contribution in [-0.2, 0) is 13.0 Å². The van der Waals surface area contributed by atoms with Gasteiger partial charge in [0, 0.05) is 31.7 Å². The van der Waals surface area contributed by atoms with E-state index in [1.54, 1.807) is 6.08 Å². The minimum absolute atomic E-state index is 0.152. The summed E-state index contributed by atoms with van der Waals surface area (Å²) in [6.45, 7) is 9.71. The molecule has 0 spiro atoms. The third-order valence-corrected chi connectivity index (χ3v) is 4.48. The van der Waals surface area contributed by atoms with E-state index in [0.717, 1.165) is 24.2 Å². The van der Waals surface area contributed by atoms with Crippen molar-refractivity contribution in [3.8, 4) is 5.69 Å². The predicted octanol–water partition coefficient (Wildman–Crippen LogP) is 3.61. The van der Waals surface area contributed by atoms with Crippen LogP contribution >= 0.6 is 11.6 Å². The van der Waals surface area contributed by atoms with Crippen LogP contribution in [0.2, 0.25) is 5.02 Å². The lowest BCUT2D eigenvalue weighted by molar-refractivity contribution is 0.276. The summed E-state index contributed by atoms with van der Waals surface area (Å²) in [7, 11) is 0. The smallest absolute Gasteiger partial charge is 0.276 e. The van der Waals surface area contributed by atoms with Crippen molar-refractivity contribution < 1.29 is 4.39 Å². The number of aromatic amines is 1. The lowest BCUT2D eigenvalue weighted by Crippen LogP contribution is -2.34. The van der Waals surface area contributed by atoms with Crippen LogP contribution in [0.15, 0.2) is 60.0 Å². The number of benzene rings is 1. The highest BCUT2D eigenvalue weighted by Crippen LogP contribution is 2.22. The molecule has 6 heteroatoms. The third-order valence-electron chi connectivity index (χ3n) is 4.18. The second-order valence-electron chi connectivity index (χ2n) is 6.02. The van der Waals surface area contributed by atoms with Gasteiger partial charge in [-0.3, -0.25) is 14.8 Å². The van der Waals surface area contributed by atoms with Crippen LogP contribution in [0.4, 0.5) is 4.39 Å². The predicted molar refractivity (Wildman–Crippen MR) is 98.8 cm³/mol. The van der Waals surface area contributed by atoms with Crippen LogP contribution in [0.1, 0.15) is 11.3 Å². The van der Waals surface area contributed by atoms with Crippen molar-refractivity contribution >= 4 is 11.6 Å². The zero-order chi connectivity index (χ0) is 18.0. The Kier molecular flexibility index (Phi) is 5.06. The van der Waals surface area contributed by atoms with Crippen molar-refractivity contribution in [2.24, 2.45) is 0 Å². The van der Waals surface area contributed by atoms with Gasteiger partial charge < -0.3 is 0 Å². The second kappa shape index (κ2) is 7.25. The lowest BCUT2D eigenvalue weighted by atomic mass is 10.1. The average Bonchev–Trinajstić information content (AvgIpc) is 2.89. The van der Waals surface area contributed by atoms with Crippen molar-refractivity contribution in [3.05, 3.63) is 87.6 Å². The van der Waals surface area contributed by atoms with Gasteiger partial charge >= 0.3 is 0 Å². The first-order valence-electron chi connectivity index (χ1n) is 7.97. The Morgan fingerprint density at radius 3 is 2.96 bits per heavy atom. The summed E-state index contributed by atoms with van der Waals surface area (Å²) < 4.78 is 14.6. The number of nitrogens with zero attached hydrogens (tertiary/aromatic N) is 2. The van der Waals surface area contributed by atoms with Crippen molar-refractivity contribution in [1.29, 1.82) is 0 Å². The summed E-state index contributed by atoms with van der Waals surface area (Å²) in [5.41, 5.74) is 2.87. The van der Waals surface area contributed by atoms with Crippen molar-refractivity contribution in [2.45, 2.75) is 13.0 Å². The van der Waals surface area contributed by atoms with E-state index in [0.29, 0.717) is 24.3 Å². The van der Waals surface area contributed by atoms with E-state index in [4.69, 9.17) is 11.6 Å². The lowest BCUT2D eigenvalue weighted by Gasteiger charge is -2.25. The molecule has 4 nitrogen and oxygen atoms in total. The number of hydrogen-bond acceptors (Lipinski definition) is 2. The van der Waals surface area contributed by atoms with Gasteiger partial charge in [-0.05, 0) is 23.8 Å². The number of allylic oxidation sites excluding steroid dienone is 2. The Balaban J connectivity index is 1.85. The normalized spacial score (nSPS) is 14.6. The standard InChI is InChI=1S/C19H19ClFN3O/c1-3-4-5-13(2)11-23-9-8-17-15(12-23)19(25)24(22-17)18-7-6-14(21)10-16(18)20/h3-7,10,22H,1-2,8-9,11-12H2/b5-4-. The van der Waals surface area contributed by atoms with Crippen LogP contribution in [0.5, 0.6) is 0 Å². The van der Waals surface area contributed by atoms with Gasteiger partial charge in [0.1, 0.15) is 5.82 Å². The molecule has 1 aromatic carbocycles. The molecule has 0 saturated carbocycles. The summed E-state index contributed by atoms with van der Waals surface area (Å²) in [6.07, 6.45) is 6.19. The zero-order valence-corrected chi connectivity index (χ0v) is 14.5. The topological polar surface area (TPSA) is 41.0 Å². The van der Waals surface area contributed by atoms with Gasteiger partial charge in [0.2, 0.25) is 0 Å². The fourth-order valence-corrected chi connectivity index (χ4v) is 3.22. The summed E-state index contributed by atoms with van der Waals surface area (Å²) in [6, 6.07) is 3.99. The van der Waals surface area contributed by atoms with Gasteiger partial charge in [-0.1, -0.05) is 43.0 Å². The zero-order valence-electron chi connectivity index (χ0n) is 13.8. The van der Waals surface area contributed by atoms with E-state index in [1.807, 2.05) is 12.2 Å². The SMILES string of the molecule is C=C/C=C\C(=C)CN1CCc2[nH]n(-c3ccc(F)cc3Cl)c(=O)c2C1. The molecule has 0 radical (unpaired) electrons. The third kappa shape index (κ3) is 3.67. The van der Waals surface area contributed by atoms with Gasteiger partial charge in [0.15, 0.2) is 0 Å². The molecule has 2 heterocycles. The van der Waals surface area contributed by atoms with E-state index in [1.165, 1.54) is 22.9 Å². The number of rotatable bonds is 5. The Morgan fingerprint density at radius 2 is 2.24 bits per heavy atom. The molecule has 2 aromatic rings. The molecule has 0 bridgehead atoms. The highest BCUT2D eigenvalue weighted by molar-refractivity contribution is 6.32. The van der Waals surface area contributed by atoms with Crippen LogP contribution in [0, 0.1) is 5.82 Å². The van der Waals surface area contributed by atoms with E-state index >= 15 is 0 Å². The number of nitrogens with one attached hydrogen (secondary N) is 1. The van der Waals surface area contributed by atoms with E-state index in [9.17, 15) is 9.18 Å². The largest absolute Gasteiger partial charge is 0.295 e. The molecule has 0 amide bonds. The average molecular weight is 360 g/mol. The molecule has 0 saturated heterocycles. The molecule has 1 aliphatic rings. The maximum Gasteiger partial charge on any atom is 0.276 e. The fourth-order valence-electron chi connectivity index (χ4n) is 2.97. The van der Waals surface area contributed by atoms with Gasteiger partial charge in [0.05, 0.1) is 16.3 Å². The van der Waals surface area contributed by atoms with Gasteiger partial charge in [-0.25, -0.2) is 9.07 Å². The molecular formula is C19H19ClFN3O. The fraction of sp³-hybridized carbons (Fsp3) is 0.211. The van der Waals surface area contributed by atoms with E-state index < -0.39 is 5.82 Å². The summed E-state index contributed by atoms with van der Waals surface area (Å²) in [5.74, 6) is -0.435. The molecule has 0 unspecified atom stereocenters. The Labute approximate surface area is 150 Å². The molecule has 0 fully saturated rings. The van der Waals surface area contributed by atoms with Gasteiger partial charge in [-0.15, -0.1) is 0 Å². The first-order chi connectivity index (χ1) is 12.0. The molecule has 130 valence electrons. The highest BCUT2D eigenvalue weighted by atomic mass is 35.5. The maximum absolute atomic E-state index is 13.2. The Bertz CT molecular complexity index is 910. The Hall–Kier alpha value is -2.37. The van der Waals surface area contributed by atoms with Gasteiger partial charge in [-0.2, -0.15) is 0 Å². The molecule has 1 aromatic heterocycles. The quantitative estimate of drug-likeness (QED) is 0.828. The Morgan fingerprint density at radius 1 is 1.44 bits per heavy atom. The monoisotopic (exact) mass is 359 g/mol. The number of hydrogen-bond donors (Lipinski definition) is 1. The number of halogens is 2. The highest BCUT2D eigenvalue weighted by Gasteiger charge is 2.23. The maximum atomic E-state index is 13.2. The molecule has 1 aliphatic heterocycles. The van der Waals surface area contributed by atoms with E-state index in [2.05, 4.69) is 23.2 Å². The molecular weight excluding hydrogens is 341 g/mol. The van der Waals surface area contributed by atoms with Crippen LogP contribution in [-0.4, -0.2) is 27.8 Å². The number of H-pyrrole nitrogens is 1. The van der Waals surface area contributed by atoms with Crippen molar-refractivity contribution in [2.75, 3.05) is 13.1 Å².